The minimum absolute atomic E-state index is 0.0863. The average molecular weight is 278 g/mol. The van der Waals surface area contributed by atoms with Crippen LogP contribution in [0.4, 0.5) is 0 Å². The summed E-state index contributed by atoms with van der Waals surface area (Å²) in [7, 11) is 0. The number of benzene rings is 1. The lowest BCUT2D eigenvalue weighted by atomic mass is 10.0. The number of hydrogen-bond acceptors (Lipinski definition) is 1. The second kappa shape index (κ2) is 4.03. The van der Waals surface area contributed by atoms with Crippen LogP contribution in [0.5, 0.6) is 0 Å². The van der Waals surface area contributed by atoms with Crippen molar-refractivity contribution in [1.82, 2.24) is 0 Å². The largest absolute Gasteiger partial charge is 0.294 e. The summed E-state index contributed by atoms with van der Waals surface area (Å²) in [6.07, 6.45) is 0. The van der Waals surface area contributed by atoms with Crippen LogP contribution in [0.3, 0.4) is 0 Å². The van der Waals surface area contributed by atoms with Gasteiger partial charge in [-0.1, -0.05) is 26.0 Å². The molecule has 0 saturated carbocycles. The van der Waals surface area contributed by atoms with Crippen molar-refractivity contribution in [2.45, 2.75) is 13.8 Å². The molecule has 12 heavy (non-hydrogen) atoms. The third kappa shape index (κ3) is 2.30. The highest BCUT2D eigenvalue weighted by Gasteiger charge is 2.09. The highest BCUT2D eigenvalue weighted by atomic mass is 131. The van der Waals surface area contributed by atoms with E-state index in [1.807, 2.05) is 38.1 Å². The molecular weight excluding hydrogens is 267 g/mol. The van der Waals surface area contributed by atoms with Crippen LogP contribution in [-0.4, -0.2) is 5.78 Å². The maximum atomic E-state index is 11.5. The van der Waals surface area contributed by atoms with Crippen LogP contribution in [0.15, 0.2) is 24.3 Å². The molecule has 2 heteroatoms. The molecule has 1 rings (SSSR count). The zero-order chi connectivity index (χ0) is 9.14. The van der Waals surface area contributed by atoms with Gasteiger partial charge in [0.25, 0.3) is 0 Å². The molecule has 0 unspecified atom stereocenters. The van der Waals surface area contributed by atoms with Gasteiger partial charge in [-0.15, -0.1) is 0 Å². The first-order valence-electron chi connectivity index (χ1n) is 3.91. The molecule has 0 amide bonds. The first-order chi connectivity index (χ1) is 5.61. The summed E-state index contributed by atoms with van der Waals surface area (Å²) in [5.74, 6) is 0.303. The molecule has 0 aromatic heterocycles. The normalized spacial score (nSPS) is 10.3. The van der Waals surface area contributed by atoms with Gasteiger partial charge in [0.05, 0.1) is 0 Å². The van der Waals surface area contributed by atoms with Crippen molar-refractivity contribution in [3.05, 3.63) is 33.4 Å². The molecule has 0 aliphatic heterocycles. The van der Waals surface area contributed by atoms with Gasteiger partial charge in [-0.05, 0) is 34.7 Å². The van der Waals surface area contributed by atoms with Crippen molar-refractivity contribution in [2.75, 3.05) is 0 Å². The summed E-state index contributed by atoms with van der Waals surface area (Å²) < 4.78 is 1.11. The van der Waals surface area contributed by atoms with Gasteiger partial charge in [0.2, 0.25) is 0 Å². The zero-order valence-electron chi connectivity index (χ0n) is 7.17. The molecule has 0 saturated heterocycles. The summed E-state index contributed by atoms with van der Waals surface area (Å²) >= 11 is 2.21. The zero-order valence-corrected chi connectivity index (χ0v) is 9.33. The minimum Gasteiger partial charge on any atom is -0.294 e. The molecule has 0 heterocycles. The fourth-order valence-corrected chi connectivity index (χ4v) is 1.52. The number of Topliss-reactive ketones (excluding diaryl/α,β-unsaturated/α-hetero) is 1. The lowest BCUT2D eigenvalue weighted by molar-refractivity contribution is 0.0939. The fourth-order valence-electron chi connectivity index (χ4n) is 0.975. The highest BCUT2D eigenvalue weighted by molar-refractivity contribution is 14.1. The van der Waals surface area contributed by atoms with E-state index in [4.69, 9.17) is 0 Å². The molecule has 0 aliphatic rings. The molecule has 1 aromatic carbocycles. The van der Waals surface area contributed by atoms with Gasteiger partial charge in [-0.2, -0.15) is 0 Å². The fraction of sp³-hybridized carbons (Fsp3) is 0.300. The number of carbonyl (C=O) groups is 1. The van der Waals surface area contributed by atoms with Gasteiger partial charge < -0.3 is 0 Å². The summed E-state index contributed by atoms with van der Waals surface area (Å²) in [5, 5.41) is 0. The lowest BCUT2D eigenvalue weighted by Gasteiger charge is -2.03. The van der Waals surface area contributed by atoms with Crippen LogP contribution in [0.1, 0.15) is 24.2 Å². The van der Waals surface area contributed by atoms with Crippen molar-refractivity contribution >= 4 is 28.4 Å². The Hall–Kier alpha value is -0.380. The third-order valence-corrected chi connectivity index (χ3v) is 2.30. The van der Waals surface area contributed by atoms with Gasteiger partial charge in [0.1, 0.15) is 0 Å². The summed E-state index contributed by atoms with van der Waals surface area (Å²) in [6, 6.07) is 7.68. The van der Waals surface area contributed by atoms with E-state index in [-0.39, 0.29) is 11.7 Å². The van der Waals surface area contributed by atoms with Crippen LogP contribution in [-0.2, 0) is 0 Å². The Labute approximate surface area is 86.3 Å². The molecule has 0 spiro atoms. The summed E-state index contributed by atoms with van der Waals surface area (Å²) in [5.41, 5.74) is 0.817. The molecule has 0 N–H and O–H groups in total. The van der Waals surface area contributed by atoms with E-state index in [9.17, 15) is 4.79 Å². The van der Waals surface area contributed by atoms with Crippen molar-refractivity contribution in [3.8, 4) is 0 Å². The second-order valence-corrected chi connectivity index (χ2v) is 4.27. The van der Waals surface area contributed by atoms with E-state index in [1.165, 1.54) is 0 Å². The Morgan fingerprint density at radius 3 is 2.58 bits per heavy atom. The van der Waals surface area contributed by atoms with Gasteiger partial charge >= 0.3 is 0 Å². The second-order valence-electron chi connectivity index (χ2n) is 3.03. The molecule has 1 aromatic rings. The summed E-state index contributed by atoms with van der Waals surface area (Å²) in [4.78, 5) is 11.5. The Morgan fingerprint density at radius 1 is 1.42 bits per heavy atom. The summed E-state index contributed by atoms with van der Waals surface area (Å²) in [6.45, 7) is 3.84. The van der Waals surface area contributed by atoms with E-state index in [0.717, 1.165) is 9.13 Å². The molecular formula is C10H11IO. The maximum absolute atomic E-state index is 11.5. The number of carbonyl (C=O) groups excluding carboxylic acids is 1. The lowest BCUT2D eigenvalue weighted by Crippen LogP contribution is -2.07. The maximum Gasteiger partial charge on any atom is 0.165 e. The van der Waals surface area contributed by atoms with Crippen molar-refractivity contribution in [3.63, 3.8) is 0 Å². The van der Waals surface area contributed by atoms with Crippen LogP contribution >= 0.6 is 22.6 Å². The van der Waals surface area contributed by atoms with Crippen LogP contribution in [0.25, 0.3) is 0 Å². The first kappa shape index (κ1) is 9.71. The van der Waals surface area contributed by atoms with Gasteiger partial charge in [-0.3, -0.25) is 4.79 Å². The topological polar surface area (TPSA) is 17.1 Å². The molecule has 0 aliphatic carbocycles. The number of hydrogen-bond donors (Lipinski definition) is 0. The van der Waals surface area contributed by atoms with E-state index in [2.05, 4.69) is 22.6 Å². The molecule has 64 valence electrons. The van der Waals surface area contributed by atoms with Crippen molar-refractivity contribution in [2.24, 2.45) is 5.92 Å². The van der Waals surface area contributed by atoms with E-state index in [1.54, 1.807) is 0 Å². The monoisotopic (exact) mass is 278 g/mol. The smallest absolute Gasteiger partial charge is 0.165 e. The van der Waals surface area contributed by atoms with E-state index >= 15 is 0 Å². The van der Waals surface area contributed by atoms with Gasteiger partial charge in [0.15, 0.2) is 5.78 Å². The van der Waals surface area contributed by atoms with Gasteiger partial charge in [-0.25, -0.2) is 0 Å². The third-order valence-electron chi connectivity index (χ3n) is 1.63. The Kier molecular flexibility index (Phi) is 3.26. The molecule has 0 atom stereocenters. The van der Waals surface area contributed by atoms with Crippen LogP contribution in [0, 0.1) is 9.49 Å². The molecule has 1 nitrogen and oxygen atoms in total. The minimum atomic E-state index is 0.0863. The predicted molar refractivity (Wildman–Crippen MR) is 58.3 cm³/mol. The standard InChI is InChI=1S/C10H11IO/c1-7(2)10(12)8-4-3-5-9(11)6-8/h3-7H,1-2H3/i11+4. The van der Waals surface area contributed by atoms with E-state index in [0.29, 0.717) is 0 Å². The van der Waals surface area contributed by atoms with Crippen LogP contribution in [0.2, 0.25) is 0 Å². The predicted octanol–water partition coefficient (Wildman–Crippen LogP) is 3.13. The first-order valence-corrected chi connectivity index (χ1v) is 4.99. The SMILES string of the molecule is CC(C)C(=O)c1cccc([131I])c1. The van der Waals surface area contributed by atoms with Crippen LogP contribution < -0.4 is 0 Å². The Bertz CT molecular complexity index is 292. The molecule has 0 fully saturated rings. The molecule has 0 bridgehead atoms. The molecule has 0 radical (unpaired) electrons. The number of ketones is 1. The number of rotatable bonds is 2. The van der Waals surface area contributed by atoms with Crippen molar-refractivity contribution < 1.29 is 4.79 Å². The average Bonchev–Trinajstić information content (AvgIpc) is 2.03. The number of halogens is 1. The Balaban J connectivity index is 2.96. The van der Waals surface area contributed by atoms with Crippen molar-refractivity contribution in [1.29, 1.82) is 0 Å². The Morgan fingerprint density at radius 2 is 2.08 bits per heavy atom. The highest BCUT2D eigenvalue weighted by Crippen LogP contribution is 2.11. The quantitative estimate of drug-likeness (QED) is 0.600. The van der Waals surface area contributed by atoms with Gasteiger partial charge in [0, 0.05) is 15.1 Å². The van der Waals surface area contributed by atoms with E-state index < -0.39 is 0 Å².